The molecule has 0 unspecified atom stereocenters. The number of alkyl halides is 3. The number of benzene rings is 1. The van der Waals surface area contributed by atoms with Crippen molar-refractivity contribution < 1.29 is 18.3 Å². The van der Waals surface area contributed by atoms with Gasteiger partial charge in [-0.05, 0) is 30.7 Å². The van der Waals surface area contributed by atoms with Crippen LogP contribution in [0.4, 0.5) is 13.2 Å². The molecule has 1 fully saturated rings. The minimum Gasteiger partial charge on any atom is -0.507 e. The molecule has 0 atom stereocenters. The normalized spacial score (nSPS) is 18.1. The molecule has 1 aliphatic heterocycles. The van der Waals surface area contributed by atoms with E-state index in [1.165, 1.54) is 0 Å². The third-order valence-corrected chi connectivity index (χ3v) is 3.78. The zero-order chi connectivity index (χ0) is 15.5. The summed E-state index contributed by atoms with van der Waals surface area (Å²) >= 11 is 0. The van der Waals surface area contributed by atoms with Crippen molar-refractivity contribution in [2.45, 2.75) is 26.1 Å². The Hall–Kier alpha value is -1.27. The summed E-state index contributed by atoms with van der Waals surface area (Å²) in [5.41, 5.74) is -0.367. The lowest BCUT2D eigenvalue weighted by molar-refractivity contribution is -0.138. The van der Waals surface area contributed by atoms with Gasteiger partial charge in [0, 0.05) is 32.7 Å². The van der Waals surface area contributed by atoms with Gasteiger partial charge in [0.25, 0.3) is 0 Å². The second-order valence-corrected chi connectivity index (χ2v) is 5.47. The molecule has 0 aliphatic carbocycles. The van der Waals surface area contributed by atoms with Gasteiger partial charge in [0.15, 0.2) is 0 Å². The maximum atomic E-state index is 12.8. The van der Waals surface area contributed by atoms with Crippen molar-refractivity contribution in [1.29, 1.82) is 0 Å². The summed E-state index contributed by atoms with van der Waals surface area (Å²) in [5, 5.41) is 9.33. The first-order valence-corrected chi connectivity index (χ1v) is 7.24. The first-order valence-electron chi connectivity index (χ1n) is 7.24. The van der Waals surface area contributed by atoms with Crippen molar-refractivity contribution in [3.63, 3.8) is 0 Å². The first-order chi connectivity index (χ1) is 9.90. The molecule has 0 radical (unpaired) electrons. The highest BCUT2D eigenvalue weighted by Crippen LogP contribution is 2.36. The maximum Gasteiger partial charge on any atom is 0.419 e. The van der Waals surface area contributed by atoms with Gasteiger partial charge in [0.05, 0.1) is 5.56 Å². The lowest BCUT2D eigenvalue weighted by Gasteiger charge is -2.34. The van der Waals surface area contributed by atoms with E-state index in [-0.39, 0.29) is 0 Å². The van der Waals surface area contributed by atoms with Gasteiger partial charge in [0.2, 0.25) is 0 Å². The average Bonchev–Trinajstić information content (AvgIpc) is 2.42. The van der Waals surface area contributed by atoms with Gasteiger partial charge >= 0.3 is 6.18 Å². The molecule has 118 valence electrons. The molecule has 1 N–H and O–H groups in total. The summed E-state index contributed by atoms with van der Waals surface area (Å²) in [5.74, 6) is -0.709. The van der Waals surface area contributed by atoms with E-state index in [1.54, 1.807) is 6.07 Å². The molecule has 1 aliphatic rings. The summed E-state index contributed by atoms with van der Waals surface area (Å²) in [4.78, 5) is 4.52. The molecule has 0 saturated carbocycles. The Kier molecular flexibility index (Phi) is 5.11. The quantitative estimate of drug-likeness (QED) is 0.926. The predicted octanol–water partition coefficient (Wildman–Crippen LogP) is 2.94. The maximum absolute atomic E-state index is 12.8. The van der Waals surface area contributed by atoms with Crippen molar-refractivity contribution in [1.82, 2.24) is 9.80 Å². The minimum absolute atomic E-state index is 0.489. The Morgan fingerprint density at radius 2 is 1.71 bits per heavy atom. The van der Waals surface area contributed by atoms with Gasteiger partial charge in [-0.2, -0.15) is 13.2 Å². The third-order valence-electron chi connectivity index (χ3n) is 3.78. The van der Waals surface area contributed by atoms with E-state index in [0.29, 0.717) is 12.1 Å². The predicted molar refractivity (Wildman–Crippen MR) is 75.1 cm³/mol. The van der Waals surface area contributed by atoms with Crippen LogP contribution in [0.2, 0.25) is 0 Å². The van der Waals surface area contributed by atoms with Crippen molar-refractivity contribution in [2.75, 3.05) is 32.7 Å². The fourth-order valence-corrected chi connectivity index (χ4v) is 2.65. The van der Waals surface area contributed by atoms with Gasteiger partial charge in [-0.25, -0.2) is 0 Å². The summed E-state index contributed by atoms with van der Waals surface area (Å²) in [6, 6.07) is 3.74. The SMILES string of the molecule is CCCN1CCN(Cc2ccc(O)c(C(F)(F)F)c2)CC1. The molecule has 0 amide bonds. The van der Waals surface area contributed by atoms with Crippen LogP contribution in [0.5, 0.6) is 5.75 Å². The molecule has 3 nitrogen and oxygen atoms in total. The molecule has 1 aromatic rings. The number of halogens is 3. The van der Waals surface area contributed by atoms with Gasteiger partial charge in [-0.1, -0.05) is 13.0 Å². The number of phenols is 1. The lowest BCUT2D eigenvalue weighted by Crippen LogP contribution is -2.45. The Labute approximate surface area is 123 Å². The number of piperazine rings is 1. The standard InChI is InChI=1S/C15H21F3N2O/c1-2-5-19-6-8-20(9-7-19)11-12-3-4-14(21)13(10-12)15(16,17)18/h3-4,10,21H,2,5-9,11H2,1H3. The number of hydrogen-bond acceptors (Lipinski definition) is 3. The summed E-state index contributed by atoms with van der Waals surface area (Å²) in [7, 11) is 0. The molecular formula is C15H21F3N2O. The molecule has 6 heteroatoms. The van der Waals surface area contributed by atoms with E-state index in [2.05, 4.69) is 16.7 Å². The molecule has 0 aromatic heterocycles. The van der Waals surface area contributed by atoms with Crippen LogP contribution in [0.25, 0.3) is 0 Å². The van der Waals surface area contributed by atoms with Crippen LogP contribution in [0.15, 0.2) is 18.2 Å². The Morgan fingerprint density at radius 3 is 2.29 bits per heavy atom. The molecule has 0 spiro atoms. The van der Waals surface area contributed by atoms with Crippen molar-refractivity contribution in [3.8, 4) is 5.75 Å². The Bertz CT molecular complexity index is 468. The van der Waals surface area contributed by atoms with Crippen LogP contribution in [0, 0.1) is 0 Å². The number of nitrogens with zero attached hydrogens (tertiary/aromatic N) is 2. The number of hydrogen-bond donors (Lipinski definition) is 1. The van der Waals surface area contributed by atoms with Gasteiger partial charge in [0.1, 0.15) is 5.75 Å². The topological polar surface area (TPSA) is 26.7 Å². The highest BCUT2D eigenvalue weighted by atomic mass is 19.4. The summed E-state index contributed by atoms with van der Waals surface area (Å²) in [6.45, 7) is 7.34. The van der Waals surface area contributed by atoms with Crippen LogP contribution in [-0.2, 0) is 12.7 Å². The van der Waals surface area contributed by atoms with Gasteiger partial charge in [-0.15, -0.1) is 0 Å². The van der Waals surface area contributed by atoms with E-state index in [9.17, 15) is 18.3 Å². The van der Waals surface area contributed by atoms with E-state index in [4.69, 9.17) is 0 Å². The van der Waals surface area contributed by atoms with Crippen molar-refractivity contribution in [3.05, 3.63) is 29.3 Å². The van der Waals surface area contributed by atoms with E-state index in [1.807, 2.05) is 0 Å². The van der Waals surface area contributed by atoms with Gasteiger partial charge in [-0.3, -0.25) is 4.90 Å². The first kappa shape index (κ1) is 16.1. The van der Waals surface area contributed by atoms with Crippen molar-refractivity contribution >= 4 is 0 Å². The second-order valence-electron chi connectivity index (χ2n) is 5.47. The van der Waals surface area contributed by atoms with E-state index in [0.717, 1.165) is 51.3 Å². The molecular weight excluding hydrogens is 281 g/mol. The number of rotatable bonds is 4. The average molecular weight is 302 g/mol. The molecule has 1 heterocycles. The van der Waals surface area contributed by atoms with Crippen LogP contribution >= 0.6 is 0 Å². The Morgan fingerprint density at radius 1 is 1.10 bits per heavy atom. The minimum atomic E-state index is -4.51. The fourth-order valence-electron chi connectivity index (χ4n) is 2.65. The van der Waals surface area contributed by atoms with Crippen molar-refractivity contribution in [2.24, 2.45) is 0 Å². The smallest absolute Gasteiger partial charge is 0.419 e. The molecule has 1 saturated heterocycles. The van der Waals surface area contributed by atoms with E-state index < -0.39 is 17.5 Å². The van der Waals surface area contributed by atoms with Crippen LogP contribution in [0.1, 0.15) is 24.5 Å². The van der Waals surface area contributed by atoms with Gasteiger partial charge < -0.3 is 10.0 Å². The van der Waals surface area contributed by atoms with Crippen LogP contribution in [0.3, 0.4) is 0 Å². The third kappa shape index (κ3) is 4.35. The van der Waals surface area contributed by atoms with Crippen LogP contribution in [-0.4, -0.2) is 47.6 Å². The molecule has 2 rings (SSSR count). The number of aromatic hydroxyl groups is 1. The summed E-state index contributed by atoms with van der Waals surface area (Å²) in [6.07, 6.45) is -3.40. The highest BCUT2D eigenvalue weighted by Gasteiger charge is 2.34. The lowest BCUT2D eigenvalue weighted by atomic mass is 10.1. The zero-order valence-electron chi connectivity index (χ0n) is 12.2. The largest absolute Gasteiger partial charge is 0.507 e. The van der Waals surface area contributed by atoms with E-state index >= 15 is 0 Å². The highest BCUT2D eigenvalue weighted by molar-refractivity contribution is 5.38. The van der Waals surface area contributed by atoms with Crippen LogP contribution < -0.4 is 0 Å². The summed E-state index contributed by atoms with van der Waals surface area (Å²) < 4.78 is 38.3. The fraction of sp³-hybridized carbons (Fsp3) is 0.600. The monoisotopic (exact) mass is 302 g/mol. The Balaban J connectivity index is 1.98. The second kappa shape index (κ2) is 6.66. The molecule has 21 heavy (non-hydrogen) atoms. The molecule has 0 bridgehead atoms. The molecule has 1 aromatic carbocycles. The zero-order valence-corrected chi connectivity index (χ0v) is 12.2. The number of phenolic OH excluding ortho intramolecular Hbond substituents is 1.